The number of fused-ring (bicyclic) bond motifs is 1. The van der Waals surface area contributed by atoms with Crippen LogP contribution in [0.4, 0.5) is 5.82 Å². The molecule has 1 saturated heterocycles. The van der Waals surface area contributed by atoms with Gasteiger partial charge in [0.15, 0.2) is 0 Å². The molecule has 1 N–H and O–H groups in total. The Morgan fingerprint density at radius 1 is 1.19 bits per heavy atom. The molecule has 5 nitrogen and oxygen atoms in total. The summed E-state index contributed by atoms with van der Waals surface area (Å²) >= 11 is 5.54. The monoisotopic (exact) mass is 369 g/mol. The predicted molar refractivity (Wildman–Crippen MR) is 109 cm³/mol. The zero-order valence-corrected chi connectivity index (χ0v) is 16.0. The lowest BCUT2D eigenvalue weighted by atomic mass is 9.96. The van der Waals surface area contributed by atoms with E-state index in [4.69, 9.17) is 12.2 Å². The SMILES string of the molecule is S=CC(C1CCCC1)N1CCCN(c2ncnc3[nH]ccc23)CC12CC2. The first-order valence-corrected chi connectivity index (χ1v) is 10.5. The maximum absolute atomic E-state index is 5.54. The van der Waals surface area contributed by atoms with Crippen molar-refractivity contribution in [2.75, 3.05) is 24.5 Å². The first kappa shape index (κ1) is 16.6. The topological polar surface area (TPSA) is 48.1 Å². The number of H-pyrrole nitrogens is 1. The van der Waals surface area contributed by atoms with Gasteiger partial charge in [0.05, 0.1) is 5.39 Å². The summed E-state index contributed by atoms with van der Waals surface area (Å²) in [6, 6.07) is 2.58. The van der Waals surface area contributed by atoms with E-state index < -0.39 is 0 Å². The smallest absolute Gasteiger partial charge is 0.142 e. The zero-order chi connectivity index (χ0) is 17.6. The first-order chi connectivity index (χ1) is 12.8. The van der Waals surface area contributed by atoms with Crippen LogP contribution in [0.1, 0.15) is 44.9 Å². The molecule has 2 aromatic heterocycles. The molecule has 138 valence electrons. The van der Waals surface area contributed by atoms with Crippen molar-refractivity contribution in [3.8, 4) is 0 Å². The van der Waals surface area contributed by atoms with Gasteiger partial charge in [-0.1, -0.05) is 25.1 Å². The minimum atomic E-state index is 0.298. The molecule has 2 aromatic rings. The van der Waals surface area contributed by atoms with Crippen LogP contribution in [0, 0.1) is 5.92 Å². The molecule has 1 aliphatic heterocycles. The van der Waals surface area contributed by atoms with E-state index in [-0.39, 0.29) is 0 Å². The number of nitrogens with one attached hydrogen (secondary N) is 1. The molecule has 5 rings (SSSR count). The van der Waals surface area contributed by atoms with E-state index in [1.807, 2.05) is 6.20 Å². The Hall–Kier alpha value is -1.53. The van der Waals surface area contributed by atoms with Crippen LogP contribution in [0.3, 0.4) is 0 Å². The second kappa shape index (κ2) is 6.57. The maximum Gasteiger partial charge on any atom is 0.142 e. The van der Waals surface area contributed by atoms with Crippen molar-refractivity contribution in [2.45, 2.75) is 56.5 Å². The Balaban J connectivity index is 1.44. The summed E-state index contributed by atoms with van der Waals surface area (Å²) in [7, 11) is 0. The van der Waals surface area contributed by atoms with Crippen LogP contribution in [0.25, 0.3) is 11.0 Å². The molecule has 0 amide bonds. The van der Waals surface area contributed by atoms with E-state index in [0.717, 1.165) is 42.4 Å². The third kappa shape index (κ3) is 2.74. The number of hydrogen-bond donors (Lipinski definition) is 1. The summed E-state index contributed by atoms with van der Waals surface area (Å²) in [5.41, 5.74) is 1.23. The minimum Gasteiger partial charge on any atom is -0.354 e. The van der Waals surface area contributed by atoms with Crippen molar-refractivity contribution < 1.29 is 0 Å². The van der Waals surface area contributed by atoms with Crippen molar-refractivity contribution in [1.82, 2.24) is 19.9 Å². The van der Waals surface area contributed by atoms with Crippen LogP contribution in [0.15, 0.2) is 18.6 Å². The highest BCUT2D eigenvalue weighted by Gasteiger charge is 2.53. The summed E-state index contributed by atoms with van der Waals surface area (Å²) < 4.78 is 0. The Labute approximate surface area is 160 Å². The van der Waals surface area contributed by atoms with Gasteiger partial charge in [0.25, 0.3) is 0 Å². The van der Waals surface area contributed by atoms with Gasteiger partial charge in [0.2, 0.25) is 0 Å². The highest BCUT2D eigenvalue weighted by atomic mass is 32.1. The van der Waals surface area contributed by atoms with Crippen LogP contribution in [0.5, 0.6) is 0 Å². The summed E-state index contributed by atoms with van der Waals surface area (Å²) in [4.78, 5) is 17.5. The Morgan fingerprint density at radius 2 is 2.04 bits per heavy atom. The summed E-state index contributed by atoms with van der Waals surface area (Å²) in [6.07, 6.45) is 12.9. The molecule has 3 heterocycles. The number of anilines is 1. The largest absolute Gasteiger partial charge is 0.354 e. The molecule has 1 atom stereocenters. The van der Waals surface area contributed by atoms with Gasteiger partial charge in [-0.3, -0.25) is 4.90 Å². The molecule has 0 aromatic carbocycles. The minimum absolute atomic E-state index is 0.298. The second-order valence-electron chi connectivity index (χ2n) is 8.30. The van der Waals surface area contributed by atoms with E-state index in [0.29, 0.717) is 11.6 Å². The summed E-state index contributed by atoms with van der Waals surface area (Å²) in [5.74, 6) is 1.86. The van der Waals surface area contributed by atoms with E-state index in [1.54, 1.807) is 6.33 Å². The zero-order valence-electron chi connectivity index (χ0n) is 15.2. The third-order valence-corrected chi connectivity index (χ3v) is 7.04. The number of thiocarbonyl (C=S) groups is 1. The van der Waals surface area contributed by atoms with E-state index in [9.17, 15) is 0 Å². The van der Waals surface area contributed by atoms with Crippen LogP contribution < -0.4 is 4.90 Å². The average Bonchev–Trinajstić information content (AvgIpc) is 3.07. The Kier molecular flexibility index (Phi) is 4.20. The van der Waals surface area contributed by atoms with Crippen molar-refractivity contribution in [1.29, 1.82) is 0 Å². The number of nitrogens with zero attached hydrogens (tertiary/aromatic N) is 4. The Bertz CT molecular complexity index is 792. The summed E-state index contributed by atoms with van der Waals surface area (Å²) in [6.45, 7) is 3.28. The Morgan fingerprint density at radius 3 is 2.81 bits per heavy atom. The van der Waals surface area contributed by atoms with E-state index >= 15 is 0 Å². The number of rotatable bonds is 4. The fourth-order valence-electron chi connectivity index (χ4n) is 5.28. The van der Waals surface area contributed by atoms with E-state index in [2.05, 4.69) is 36.2 Å². The lowest BCUT2D eigenvalue weighted by molar-refractivity contribution is 0.132. The van der Waals surface area contributed by atoms with Crippen LogP contribution >= 0.6 is 12.2 Å². The normalized spacial score (nSPS) is 24.8. The molecule has 0 bridgehead atoms. The molecule has 1 spiro atoms. The fraction of sp³-hybridized carbons (Fsp3) is 0.650. The number of hydrogen-bond acceptors (Lipinski definition) is 5. The van der Waals surface area contributed by atoms with Gasteiger partial charge < -0.3 is 9.88 Å². The molecule has 3 fully saturated rings. The number of aromatic amines is 1. The highest BCUT2D eigenvalue weighted by molar-refractivity contribution is 7.79. The molecular formula is C20H27N5S. The van der Waals surface area contributed by atoms with E-state index in [1.165, 1.54) is 44.9 Å². The molecule has 2 aliphatic carbocycles. The quantitative estimate of drug-likeness (QED) is 0.835. The van der Waals surface area contributed by atoms with Gasteiger partial charge in [-0.2, -0.15) is 0 Å². The van der Waals surface area contributed by atoms with Gasteiger partial charge in [0.1, 0.15) is 17.8 Å². The molecular weight excluding hydrogens is 342 g/mol. The summed E-state index contributed by atoms with van der Waals surface area (Å²) in [5, 5.41) is 3.22. The first-order valence-electron chi connectivity index (χ1n) is 10.1. The second-order valence-corrected chi connectivity index (χ2v) is 8.57. The molecule has 3 aliphatic rings. The van der Waals surface area contributed by atoms with Gasteiger partial charge in [-0.15, -0.1) is 0 Å². The third-order valence-electron chi connectivity index (χ3n) is 6.76. The molecule has 2 saturated carbocycles. The van der Waals surface area contributed by atoms with Crippen molar-refractivity contribution in [3.63, 3.8) is 0 Å². The standard InChI is InChI=1S/C20H27N5S/c26-12-17(15-4-1-2-5-15)25-11-3-10-24(13-20(25)7-8-20)19-16-6-9-21-18(16)22-14-23-19/h6,9,12,14-15,17H,1-5,7-8,10-11,13H2,(H,21,22,23). The highest BCUT2D eigenvalue weighted by Crippen LogP contribution is 2.47. The van der Waals surface area contributed by atoms with Crippen molar-refractivity contribution in [3.05, 3.63) is 18.6 Å². The van der Waals surface area contributed by atoms with Crippen molar-refractivity contribution >= 4 is 34.4 Å². The van der Waals surface area contributed by atoms with Crippen molar-refractivity contribution in [2.24, 2.45) is 5.92 Å². The lowest BCUT2D eigenvalue weighted by Gasteiger charge is -2.39. The predicted octanol–water partition coefficient (Wildman–Crippen LogP) is 3.56. The van der Waals surface area contributed by atoms with Gasteiger partial charge in [-0.25, -0.2) is 9.97 Å². The van der Waals surface area contributed by atoms with Crippen LogP contribution in [-0.4, -0.2) is 56.4 Å². The van der Waals surface area contributed by atoms with Gasteiger partial charge >= 0.3 is 0 Å². The molecule has 1 unspecified atom stereocenters. The van der Waals surface area contributed by atoms with Crippen LogP contribution in [-0.2, 0) is 0 Å². The van der Waals surface area contributed by atoms with Gasteiger partial charge in [-0.05, 0) is 49.5 Å². The molecule has 6 heteroatoms. The number of aromatic nitrogens is 3. The fourth-order valence-corrected chi connectivity index (χ4v) is 5.65. The van der Waals surface area contributed by atoms with Gasteiger partial charge in [0, 0.05) is 37.4 Å². The maximum atomic E-state index is 5.54. The molecule has 26 heavy (non-hydrogen) atoms. The van der Waals surface area contributed by atoms with Crippen LogP contribution in [0.2, 0.25) is 0 Å². The molecule has 0 radical (unpaired) electrons. The average molecular weight is 370 g/mol. The lowest BCUT2D eigenvalue weighted by Crippen LogP contribution is -2.51.